The zero-order valence-electron chi connectivity index (χ0n) is 11.7. The number of carbonyl (C=O) groups excluding carboxylic acids is 1. The van der Waals surface area contributed by atoms with Crippen molar-refractivity contribution in [2.75, 3.05) is 18.8 Å². The van der Waals surface area contributed by atoms with Crippen molar-refractivity contribution >= 4 is 11.6 Å². The Bertz CT molecular complexity index is 611. The van der Waals surface area contributed by atoms with Gasteiger partial charge in [-0.2, -0.15) is 0 Å². The van der Waals surface area contributed by atoms with Crippen LogP contribution in [0, 0.1) is 0 Å². The summed E-state index contributed by atoms with van der Waals surface area (Å²) in [5, 5.41) is 0. The highest BCUT2D eigenvalue weighted by atomic mass is 16.2. The fraction of sp³-hybridized carbons (Fsp3) is 0.615. The molecule has 1 aromatic rings. The lowest BCUT2D eigenvalue weighted by Crippen LogP contribution is -2.44. The third kappa shape index (κ3) is 2.76. The number of carbonyl (C=O) groups is 1. The Morgan fingerprint density at radius 2 is 1.95 bits per heavy atom. The van der Waals surface area contributed by atoms with Gasteiger partial charge in [-0.05, 0) is 19.3 Å². The lowest BCUT2D eigenvalue weighted by atomic mass is 10.4. The van der Waals surface area contributed by atoms with Gasteiger partial charge in [-0.3, -0.25) is 14.2 Å². The van der Waals surface area contributed by atoms with E-state index in [4.69, 9.17) is 5.73 Å². The monoisotopic (exact) mass is 280 g/mol. The largest absolute Gasteiger partial charge is 0.393 e. The quantitative estimate of drug-likeness (QED) is 0.814. The van der Waals surface area contributed by atoms with Crippen LogP contribution in [0.3, 0.4) is 0 Å². The Kier molecular flexibility index (Phi) is 4.26. The second-order valence-corrected chi connectivity index (χ2v) is 5.04. The number of aryl methyl sites for hydroxylation is 1. The number of hydrogen-bond acceptors (Lipinski definition) is 4. The first-order valence-corrected chi connectivity index (χ1v) is 6.92. The zero-order valence-corrected chi connectivity index (χ0v) is 11.7. The number of nitrogen functional groups attached to an aromatic ring is 1. The van der Waals surface area contributed by atoms with Crippen molar-refractivity contribution in [3.63, 3.8) is 0 Å². The molecule has 0 spiro atoms. The molecule has 0 bridgehead atoms. The average Bonchev–Trinajstić information content (AvgIpc) is 2.95. The number of amides is 1. The van der Waals surface area contributed by atoms with Crippen LogP contribution >= 0.6 is 0 Å². The predicted octanol–water partition coefficient (Wildman–Crippen LogP) is -0.375. The molecule has 7 heteroatoms. The van der Waals surface area contributed by atoms with Gasteiger partial charge in [0.05, 0.1) is 0 Å². The van der Waals surface area contributed by atoms with E-state index >= 15 is 0 Å². The standard InChI is InChI=1S/C13H20N4O3/c1-2-5-16-8-10(14)12(19)17(13(16)20)9-11(18)15-6-3-4-7-15/h8H,2-7,9,14H2,1H3. The van der Waals surface area contributed by atoms with Crippen molar-refractivity contribution in [1.29, 1.82) is 0 Å². The summed E-state index contributed by atoms with van der Waals surface area (Å²) in [4.78, 5) is 37.9. The van der Waals surface area contributed by atoms with Crippen LogP contribution in [0.2, 0.25) is 0 Å². The number of likely N-dealkylation sites (tertiary alicyclic amines) is 1. The topological polar surface area (TPSA) is 90.3 Å². The van der Waals surface area contributed by atoms with Gasteiger partial charge in [0, 0.05) is 25.8 Å². The zero-order chi connectivity index (χ0) is 14.7. The fourth-order valence-corrected chi connectivity index (χ4v) is 2.42. The molecule has 0 saturated carbocycles. The first kappa shape index (κ1) is 14.4. The number of hydrogen-bond donors (Lipinski definition) is 1. The molecule has 0 aliphatic carbocycles. The van der Waals surface area contributed by atoms with Crippen LogP contribution in [-0.2, 0) is 17.9 Å². The molecule has 110 valence electrons. The molecule has 0 aromatic carbocycles. The normalized spacial score (nSPS) is 14.8. The molecule has 0 atom stereocenters. The minimum atomic E-state index is -0.588. The smallest absolute Gasteiger partial charge is 0.331 e. The number of nitrogens with two attached hydrogens (primary N) is 1. The van der Waals surface area contributed by atoms with Crippen LogP contribution in [0.4, 0.5) is 5.69 Å². The summed E-state index contributed by atoms with van der Waals surface area (Å²) >= 11 is 0. The molecule has 0 radical (unpaired) electrons. The van der Waals surface area contributed by atoms with Crippen molar-refractivity contribution in [3.05, 3.63) is 27.0 Å². The Labute approximate surface area is 116 Å². The van der Waals surface area contributed by atoms with Gasteiger partial charge in [0.15, 0.2) is 0 Å². The van der Waals surface area contributed by atoms with Crippen molar-refractivity contribution in [2.45, 2.75) is 39.3 Å². The predicted molar refractivity (Wildman–Crippen MR) is 75.5 cm³/mol. The van der Waals surface area contributed by atoms with Gasteiger partial charge >= 0.3 is 5.69 Å². The Hall–Kier alpha value is -2.05. The second-order valence-electron chi connectivity index (χ2n) is 5.04. The van der Waals surface area contributed by atoms with E-state index in [9.17, 15) is 14.4 Å². The first-order chi connectivity index (χ1) is 9.54. The fourth-order valence-electron chi connectivity index (χ4n) is 2.42. The van der Waals surface area contributed by atoms with E-state index in [-0.39, 0.29) is 18.1 Å². The van der Waals surface area contributed by atoms with Gasteiger partial charge < -0.3 is 10.6 Å². The average molecular weight is 280 g/mol. The maximum Gasteiger partial charge on any atom is 0.331 e. The molecule has 7 nitrogen and oxygen atoms in total. The lowest BCUT2D eigenvalue weighted by molar-refractivity contribution is -0.130. The first-order valence-electron chi connectivity index (χ1n) is 6.92. The maximum absolute atomic E-state index is 12.2. The minimum absolute atomic E-state index is 0.00716. The van der Waals surface area contributed by atoms with Crippen LogP contribution in [0.25, 0.3) is 0 Å². The summed E-state index contributed by atoms with van der Waals surface area (Å²) in [5.74, 6) is -0.199. The SMILES string of the molecule is CCCn1cc(N)c(=O)n(CC(=O)N2CCCC2)c1=O. The Morgan fingerprint density at radius 3 is 2.55 bits per heavy atom. The molecule has 2 N–H and O–H groups in total. The van der Waals surface area contributed by atoms with E-state index in [0.717, 1.165) is 23.8 Å². The summed E-state index contributed by atoms with van der Waals surface area (Å²) in [6.45, 7) is 3.55. The van der Waals surface area contributed by atoms with Crippen molar-refractivity contribution < 1.29 is 4.79 Å². The van der Waals surface area contributed by atoms with Crippen LogP contribution in [0.1, 0.15) is 26.2 Å². The molecule has 0 unspecified atom stereocenters. The number of nitrogens with zero attached hydrogens (tertiary/aromatic N) is 3. The van der Waals surface area contributed by atoms with Crippen LogP contribution in [0.5, 0.6) is 0 Å². The van der Waals surface area contributed by atoms with Crippen molar-refractivity contribution in [1.82, 2.24) is 14.0 Å². The molecule has 1 amide bonds. The molecule has 2 heterocycles. The highest BCUT2D eigenvalue weighted by Gasteiger charge is 2.20. The highest BCUT2D eigenvalue weighted by molar-refractivity contribution is 5.76. The third-order valence-corrected chi connectivity index (χ3v) is 3.48. The van der Waals surface area contributed by atoms with Gasteiger partial charge in [0.25, 0.3) is 5.56 Å². The van der Waals surface area contributed by atoms with Gasteiger partial charge in [-0.25, -0.2) is 9.36 Å². The third-order valence-electron chi connectivity index (χ3n) is 3.48. The van der Waals surface area contributed by atoms with Crippen molar-refractivity contribution in [2.24, 2.45) is 0 Å². The summed E-state index contributed by atoms with van der Waals surface area (Å²) in [7, 11) is 0. The molecular formula is C13H20N4O3. The van der Waals surface area contributed by atoms with E-state index in [1.807, 2.05) is 6.92 Å². The van der Waals surface area contributed by atoms with Crippen LogP contribution in [0.15, 0.2) is 15.8 Å². The molecule has 1 aromatic heterocycles. The second kappa shape index (κ2) is 5.94. The Morgan fingerprint density at radius 1 is 1.30 bits per heavy atom. The lowest BCUT2D eigenvalue weighted by Gasteiger charge is -2.16. The number of rotatable bonds is 4. The van der Waals surface area contributed by atoms with E-state index in [0.29, 0.717) is 19.6 Å². The Balaban J connectivity index is 2.32. The molecule has 1 aliphatic rings. The maximum atomic E-state index is 12.2. The van der Waals surface area contributed by atoms with Gasteiger partial charge in [-0.1, -0.05) is 6.92 Å². The highest BCUT2D eigenvalue weighted by Crippen LogP contribution is 2.07. The summed E-state index contributed by atoms with van der Waals surface area (Å²) in [6, 6.07) is 0. The number of aromatic nitrogens is 2. The number of anilines is 1. The summed E-state index contributed by atoms with van der Waals surface area (Å²) in [6.07, 6.45) is 4.04. The molecule has 1 saturated heterocycles. The summed E-state index contributed by atoms with van der Waals surface area (Å²) in [5.41, 5.74) is 4.56. The van der Waals surface area contributed by atoms with Crippen LogP contribution < -0.4 is 17.0 Å². The molecule has 1 aliphatic heterocycles. The summed E-state index contributed by atoms with van der Waals surface area (Å²) < 4.78 is 2.32. The molecule has 20 heavy (non-hydrogen) atoms. The molecule has 2 rings (SSSR count). The molecular weight excluding hydrogens is 260 g/mol. The molecule has 1 fully saturated rings. The van der Waals surface area contributed by atoms with E-state index in [1.54, 1.807) is 4.90 Å². The van der Waals surface area contributed by atoms with Crippen molar-refractivity contribution in [3.8, 4) is 0 Å². The van der Waals surface area contributed by atoms with E-state index in [2.05, 4.69) is 0 Å². The van der Waals surface area contributed by atoms with Crippen LogP contribution in [-0.4, -0.2) is 33.0 Å². The van der Waals surface area contributed by atoms with Gasteiger partial charge in [0.2, 0.25) is 5.91 Å². The minimum Gasteiger partial charge on any atom is -0.393 e. The van der Waals surface area contributed by atoms with E-state index in [1.165, 1.54) is 10.8 Å². The van der Waals surface area contributed by atoms with Gasteiger partial charge in [0.1, 0.15) is 12.2 Å². The van der Waals surface area contributed by atoms with Gasteiger partial charge in [-0.15, -0.1) is 0 Å². The van der Waals surface area contributed by atoms with E-state index < -0.39 is 11.2 Å².